The predicted molar refractivity (Wildman–Crippen MR) is 105 cm³/mol. The Balaban J connectivity index is 4.88. The molecule has 2 unspecified atom stereocenters. The number of ketones is 1. The molecule has 3 heteroatoms. The van der Waals surface area contributed by atoms with Crippen LogP contribution in [0.1, 0.15) is 75.7 Å². The van der Waals surface area contributed by atoms with Crippen molar-refractivity contribution in [2.75, 3.05) is 6.61 Å². The molecule has 2 atom stereocenters. The van der Waals surface area contributed by atoms with Crippen molar-refractivity contribution in [3.63, 3.8) is 0 Å². The highest BCUT2D eigenvalue weighted by atomic mass is 127. The molecule has 0 aromatic heterocycles. The molecule has 0 aliphatic heterocycles. The molecule has 2 nitrogen and oxygen atoms in total. The van der Waals surface area contributed by atoms with E-state index in [1.165, 1.54) is 0 Å². The molecule has 0 saturated heterocycles. The molecule has 0 aromatic rings. The summed E-state index contributed by atoms with van der Waals surface area (Å²) < 4.78 is 6.32. The Morgan fingerprint density at radius 2 is 1.45 bits per heavy atom. The van der Waals surface area contributed by atoms with Gasteiger partial charge in [0, 0.05) is 17.9 Å². The number of ether oxygens (including phenoxy) is 1. The van der Waals surface area contributed by atoms with E-state index in [1.807, 2.05) is 13.8 Å². The molecule has 0 aromatic carbocycles. The van der Waals surface area contributed by atoms with Crippen molar-refractivity contribution in [2.24, 2.45) is 22.7 Å². The summed E-state index contributed by atoms with van der Waals surface area (Å²) in [7, 11) is 0. The van der Waals surface area contributed by atoms with Crippen LogP contribution in [0, 0.1) is 22.7 Å². The summed E-state index contributed by atoms with van der Waals surface area (Å²) in [6, 6.07) is 0. The lowest BCUT2D eigenvalue weighted by Crippen LogP contribution is -2.49. The Hall–Kier alpha value is 0.360. The highest BCUT2D eigenvalue weighted by Crippen LogP contribution is 2.42. The molecule has 0 amide bonds. The zero-order valence-electron chi connectivity index (χ0n) is 16.3. The van der Waals surface area contributed by atoms with Crippen molar-refractivity contribution in [3.05, 3.63) is 0 Å². The normalized spacial score (nSPS) is 16.7. The molecular weight excluding hydrogens is 387 g/mol. The molecule has 0 radical (unpaired) electrons. The van der Waals surface area contributed by atoms with E-state index >= 15 is 0 Å². The molecule has 0 bridgehead atoms. The van der Waals surface area contributed by atoms with E-state index in [9.17, 15) is 4.79 Å². The summed E-state index contributed by atoms with van der Waals surface area (Å²) in [6.45, 7) is 22.4. The second kappa shape index (κ2) is 7.96. The van der Waals surface area contributed by atoms with Gasteiger partial charge >= 0.3 is 0 Å². The average Bonchev–Trinajstić information content (AvgIpc) is 2.35. The third-order valence-electron chi connectivity index (χ3n) is 6.23. The smallest absolute Gasteiger partial charge is 0.148 e. The van der Waals surface area contributed by atoms with E-state index in [0.29, 0.717) is 11.7 Å². The van der Waals surface area contributed by atoms with Gasteiger partial charge in [-0.2, -0.15) is 0 Å². The minimum Gasteiger partial charge on any atom is -0.375 e. The van der Waals surface area contributed by atoms with Gasteiger partial charge < -0.3 is 4.74 Å². The first-order valence-corrected chi connectivity index (χ1v) is 9.73. The Bertz CT molecular complexity index is 368. The maximum Gasteiger partial charge on any atom is 0.148 e. The third-order valence-corrected chi connectivity index (χ3v) is 6.84. The van der Waals surface area contributed by atoms with Crippen LogP contribution in [0.2, 0.25) is 0 Å². The number of Topliss-reactive ketones (excluding diaryl/α,β-unsaturated/α-hetero) is 1. The van der Waals surface area contributed by atoms with Gasteiger partial charge in [0.25, 0.3) is 0 Å². The van der Waals surface area contributed by atoms with Crippen molar-refractivity contribution in [3.8, 4) is 0 Å². The number of hydrogen-bond donors (Lipinski definition) is 0. The van der Waals surface area contributed by atoms with Crippen molar-refractivity contribution in [2.45, 2.75) is 85.2 Å². The second-order valence-corrected chi connectivity index (χ2v) is 10.6. The third kappa shape index (κ3) is 5.47. The molecule has 0 N–H and O–H groups in total. The highest BCUT2D eigenvalue weighted by molar-refractivity contribution is 14.1. The minimum atomic E-state index is -0.333. The molecule has 0 saturated carbocycles. The van der Waals surface area contributed by atoms with Crippen LogP contribution in [0.25, 0.3) is 0 Å². The fourth-order valence-electron chi connectivity index (χ4n) is 2.27. The SMILES string of the molecule is CC(I)C(=O)C(C)C(C)(C)C(C)(C)OCCC(C)(C)C(C)C. The van der Waals surface area contributed by atoms with E-state index in [4.69, 9.17) is 4.74 Å². The number of carbonyl (C=O) groups is 1. The largest absolute Gasteiger partial charge is 0.375 e. The fraction of sp³-hybridized carbons (Fsp3) is 0.947. The van der Waals surface area contributed by atoms with Gasteiger partial charge in [-0.05, 0) is 38.5 Å². The molecule has 132 valence electrons. The summed E-state index contributed by atoms with van der Waals surface area (Å²) in [5.41, 5.74) is -0.259. The van der Waals surface area contributed by atoms with E-state index in [1.54, 1.807) is 0 Å². The Morgan fingerprint density at radius 3 is 1.82 bits per heavy atom. The summed E-state index contributed by atoms with van der Waals surface area (Å²) in [5.74, 6) is 0.921. The molecule has 0 aliphatic carbocycles. The van der Waals surface area contributed by atoms with Crippen LogP contribution in [-0.2, 0) is 9.53 Å². The topological polar surface area (TPSA) is 26.3 Å². The zero-order valence-corrected chi connectivity index (χ0v) is 18.5. The molecule has 0 heterocycles. The van der Waals surface area contributed by atoms with Gasteiger partial charge in [0.2, 0.25) is 0 Å². The van der Waals surface area contributed by atoms with Crippen molar-refractivity contribution >= 4 is 28.4 Å². The van der Waals surface area contributed by atoms with Crippen LogP contribution in [0.3, 0.4) is 0 Å². The van der Waals surface area contributed by atoms with Gasteiger partial charge in [-0.15, -0.1) is 0 Å². The van der Waals surface area contributed by atoms with Crippen molar-refractivity contribution < 1.29 is 9.53 Å². The standard InChI is InChI=1S/C19H37IO2/c1-13(2)17(5,6)11-12-22-19(9,10)18(7,8)14(3)16(21)15(4)20/h13-15H,11-12H2,1-10H3. The first-order chi connectivity index (χ1) is 9.67. The number of hydrogen-bond acceptors (Lipinski definition) is 2. The highest BCUT2D eigenvalue weighted by Gasteiger charge is 2.45. The maximum absolute atomic E-state index is 12.4. The zero-order chi connectivity index (χ0) is 17.9. The first kappa shape index (κ1) is 22.4. The summed E-state index contributed by atoms with van der Waals surface area (Å²) in [5, 5.41) is 0. The van der Waals surface area contributed by atoms with Crippen LogP contribution in [-0.4, -0.2) is 21.9 Å². The van der Waals surface area contributed by atoms with E-state index in [0.717, 1.165) is 13.0 Å². The maximum atomic E-state index is 12.4. The predicted octanol–water partition coefficient (Wildman–Crippen LogP) is 5.91. The van der Waals surface area contributed by atoms with Crippen LogP contribution >= 0.6 is 22.6 Å². The number of alkyl halides is 1. The molecule has 22 heavy (non-hydrogen) atoms. The van der Waals surface area contributed by atoms with Crippen LogP contribution in [0.4, 0.5) is 0 Å². The summed E-state index contributed by atoms with van der Waals surface area (Å²) in [6.07, 6.45) is 1.04. The Morgan fingerprint density at radius 1 is 1.00 bits per heavy atom. The Kier molecular flexibility index (Phi) is 8.09. The number of halogens is 1. The van der Waals surface area contributed by atoms with Gasteiger partial charge in [0.05, 0.1) is 9.53 Å². The molecular formula is C19H37IO2. The Labute approximate surface area is 152 Å². The monoisotopic (exact) mass is 424 g/mol. The van der Waals surface area contributed by atoms with Crippen LogP contribution < -0.4 is 0 Å². The number of carbonyl (C=O) groups excluding carboxylic acids is 1. The quantitative estimate of drug-likeness (QED) is 0.340. The lowest BCUT2D eigenvalue weighted by atomic mass is 9.66. The van der Waals surface area contributed by atoms with Gasteiger partial charge in [0.1, 0.15) is 5.78 Å². The van der Waals surface area contributed by atoms with E-state index < -0.39 is 0 Å². The second-order valence-electron chi connectivity index (χ2n) is 8.71. The lowest BCUT2D eigenvalue weighted by molar-refractivity contribution is -0.146. The minimum absolute atomic E-state index is 0.0208. The van der Waals surface area contributed by atoms with Crippen molar-refractivity contribution in [1.82, 2.24) is 0 Å². The van der Waals surface area contributed by atoms with Gasteiger partial charge in [-0.1, -0.05) is 71.1 Å². The summed E-state index contributed by atoms with van der Waals surface area (Å²) in [4.78, 5) is 12.4. The van der Waals surface area contributed by atoms with Gasteiger partial charge in [-0.3, -0.25) is 4.79 Å². The number of rotatable bonds is 9. The van der Waals surface area contributed by atoms with E-state index in [-0.39, 0.29) is 26.3 Å². The fourth-order valence-corrected chi connectivity index (χ4v) is 2.80. The van der Waals surface area contributed by atoms with Crippen LogP contribution in [0.15, 0.2) is 0 Å². The van der Waals surface area contributed by atoms with E-state index in [2.05, 4.69) is 78.0 Å². The molecule has 0 aliphatic rings. The lowest BCUT2D eigenvalue weighted by Gasteiger charge is -2.46. The van der Waals surface area contributed by atoms with Crippen molar-refractivity contribution in [1.29, 1.82) is 0 Å². The molecule has 0 spiro atoms. The average molecular weight is 424 g/mol. The van der Waals surface area contributed by atoms with Gasteiger partial charge in [0.15, 0.2) is 0 Å². The molecule has 0 fully saturated rings. The molecule has 0 rings (SSSR count). The van der Waals surface area contributed by atoms with Crippen LogP contribution in [0.5, 0.6) is 0 Å². The summed E-state index contributed by atoms with van der Waals surface area (Å²) >= 11 is 2.21. The van der Waals surface area contributed by atoms with Gasteiger partial charge in [-0.25, -0.2) is 0 Å². The first-order valence-electron chi connectivity index (χ1n) is 8.48.